The minimum absolute atomic E-state index is 0. The van der Waals surface area contributed by atoms with Crippen molar-refractivity contribution in [2.75, 3.05) is 39.9 Å². The van der Waals surface area contributed by atoms with E-state index in [-0.39, 0.29) is 24.0 Å². The fraction of sp³-hybridized carbons (Fsp3) is 0.917. The van der Waals surface area contributed by atoms with Gasteiger partial charge in [-0.05, 0) is 19.3 Å². The lowest BCUT2D eigenvalue weighted by molar-refractivity contribution is 0.144. The molecule has 0 bridgehead atoms. The zero-order chi connectivity index (χ0) is 12.5. The maximum atomic E-state index is 5.73. The Hall–Kier alpha value is -0.0800. The van der Waals surface area contributed by atoms with Gasteiger partial charge < -0.3 is 15.8 Å². The van der Waals surface area contributed by atoms with Crippen molar-refractivity contribution < 1.29 is 4.74 Å². The highest BCUT2D eigenvalue weighted by atomic mass is 127. The summed E-state index contributed by atoms with van der Waals surface area (Å²) < 4.78 is 5.12. The number of methoxy groups -OCH3 is 1. The third-order valence-electron chi connectivity index (χ3n) is 2.86. The molecule has 1 aliphatic carbocycles. The summed E-state index contributed by atoms with van der Waals surface area (Å²) in [5.41, 5.74) is 5.73. The molecule has 0 atom stereocenters. The Morgan fingerprint density at radius 3 is 2.72 bits per heavy atom. The molecule has 0 heterocycles. The van der Waals surface area contributed by atoms with Gasteiger partial charge in [-0.15, -0.1) is 24.0 Å². The number of ether oxygens (including phenoxy) is 1. The highest BCUT2D eigenvalue weighted by molar-refractivity contribution is 14.0. The van der Waals surface area contributed by atoms with Gasteiger partial charge in [0.25, 0.3) is 0 Å². The molecule has 0 unspecified atom stereocenters. The summed E-state index contributed by atoms with van der Waals surface area (Å²) in [4.78, 5) is 6.66. The predicted molar refractivity (Wildman–Crippen MR) is 86.7 cm³/mol. The lowest BCUT2D eigenvalue weighted by atomic mass is 10.4. The third-order valence-corrected chi connectivity index (χ3v) is 2.86. The topological polar surface area (TPSA) is 62.9 Å². The van der Waals surface area contributed by atoms with Crippen LogP contribution >= 0.6 is 24.0 Å². The number of rotatable bonds is 9. The van der Waals surface area contributed by atoms with Gasteiger partial charge >= 0.3 is 0 Å². The molecule has 0 saturated heterocycles. The summed E-state index contributed by atoms with van der Waals surface area (Å²) in [7, 11) is 1.75. The Morgan fingerprint density at radius 1 is 1.44 bits per heavy atom. The molecule has 0 radical (unpaired) electrons. The number of hydrogen-bond acceptors (Lipinski definition) is 3. The first-order valence-electron chi connectivity index (χ1n) is 6.54. The quantitative estimate of drug-likeness (QED) is 0.362. The normalized spacial score (nSPS) is 15.6. The van der Waals surface area contributed by atoms with Crippen LogP contribution in [0.1, 0.15) is 26.2 Å². The first kappa shape index (κ1) is 17.9. The maximum Gasteiger partial charge on any atom is 0.188 e. The molecule has 0 aromatic heterocycles. The molecule has 0 amide bonds. The van der Waals surface area contributed by atoms with Crippen molar-refractivity contribution in [3.05, 3.63) is 0 Å². The van der Waals surface area contributed by atoms with Crippen molar-refractivity contribution in [3.8, 4) is 0 Å². The number of hydrogen-bond donors (Lipinski definition) is 2. The highest BCUT2D eigenvalue weighted by Gasteiger charge is 2.27. The van der Waals surface area contributed by atoms with E-state index in [9.17, 15) is 0 Å². The van der Waals surface area contributed by atoms with Crippen LogP contribution in [0.3, 0.4) is 0 Å². The SMILES string of the molecule is CCCN=C(N)NCCN(CCOC)C1CC1.I. The van der Waals surface area contributed by atoms with Crippen molar-refractivity contribution in [2.45, 2.75) is 32.2 Å². The van der Waals surface area contributed by atoms with Crippen LogP contribution < -0.4 is 11.1 Å². The fourth-order valence-electron chi connectivity index (χ4n) is 1.74. The van der Waals surface area contributed by atoms with Gasteiger partial charge in [0.15, 0.2) is 5.96 Å². The minimum atomic E-state index is 0. The Morgan fingerprint density at radius 2 is 2.17 bits per heavy atom. The molecule has 6 heteroatoms. The average Bonchev–Trinajstić information content (AvgIpc) is 3.15. The van der Waals surface area contributed by atoms with Gasteiger partial charge in [-0.2, -0.15) is 0 Å². The molecule has 1 fully saturated rings. The minimum Gasteiger partial charge on any atom is -0.383 e. The number of nitrogens with two attached hydrogens (primary N) is 1. The molecular weight excluding hydrogens is 343 g/mol. The standard InChI is InChI=1S/C12H26N4O.HI/c1-3-6-14-12(13)15-7-8-16(9-10-17-2)11-4-5-11;/h11H,3-10H2,1-2H3,(H3,13,14,15);1H. The molecule has 108 valence electrons. The molecular formula is C12H27IN4O. The lowest BCUT2D eigenvalue weighted by Crippen LogP contribution is -2.40. The summed E-state index contributed by atoms with van der Waals surface area (Å²) in [6, 6.07) is 0.765. The Bertz CT molecular complexity index is 234. The first-order valence-corrected chi connectivity index (χ1v) is 6.54. The van der Waals surface area contributed by atoms with Crippen molar-refractivity contribution in [3.63, 3.8) is 0 Å². The summed E-state index contributed by atoms with van der Waals surface area (Å²) >= 11 is 0. The number of aliphatic imine (C=N–C) groups is 1. The maximum absolute atomic E-state index is 5.73. The van der Waals surface area contributed by atoms with Crippen LogP contribution in [-0.4, -0.2) is 56.8 Å². The molecule has 0 aromatic rings. The van der Waals surface area contributed by atoms with E-state index in [1.54, 1.807) is 7.11 Å². The summed E-state index contributed by atoms with van der Waals surface area (Å²) in [6.07, 6.45) is 3.68. The van der Waals surface area contributed by atoms with Crippen LogP contribution in [-0.2, 0) is 4.74 Å². The largest absolute Gasteiger partial charge is 0.383 e. The van der Waals surface area contributed by atoms with E-state index in [2.05, 4.69) is 22.1 Å². The molecule has 18 heavy (non-hydrogen) atoms. The molecule has 0 aromatic carbocycles. The molecule has 5 nitrogen and oxygen atoms in total. The van der Waals surface area contributed by atoms with Crippen LogP contribution in [0.15, 0.2) is 4.99 Å². The van der Waals surface area contributed by atoms with Crippen LogP contribution in [0.2, 0.25) is 0 Å². The second kappa shape index (κ2) is 10.8. The van der Waals surface area contributed by atoms with Crippen LogP contribution in [0, 0.1) is 0 Å². The molecule has 3 N–H and O–H groups in total. The molecule has 1 saturated carbocycles. The summed E-state index contributed by atoms with van der Waals surface area (Å²) in [6.45, 7) is 6.57. The van der Waals surface area contributed by atoms with E-state index >= 15 is 0 Å². The van der Waals surface area contributed by atoms with E-state index in [1.165, 1.54) is 12.8 Å². The number of guanidine groups is 1. The van der Waals surface area contributed by atoms with E-state index in [0.717, 1.165) is 45.2 Å². The van der Waals surface area contributed by atoms with Crippen LogP contribution in [0.5, 0.6) is 0 Å². The third kappa shape index (κ3) is 8.10. The van der Waals surface area contributed by atoms with Crippen molar-refractivity contribution in [2.24, 2.45) is 10.7 Å². The highest BCUT2D eigenvalue weighted by Crippen LogP contribution is 2.25. The number of nitrogens with zero attached hydrogens (tertiary/aromatic N) is 2. The first-order chi connectivity index (χ1) is 8.27. The molecule has 1 aliphatic rings. The van der Waals surface area contributed by atoms with Crippen LogP contribution in [0.4, 0.5) is 0 Å². The van der Waals surface area contributed by atoms with E-state index in [0.29, 0.717) is 5.96 Å². The van der Waals surface area contributed by atoms with Gasteiger partial charge in [0.1, 0.15) is 0 Å². The number of halogens is 1. The zero-order valence-corrected chi connectivity index (χ0v) is 13.9. The monoisotopic (exact) mass is 370 g/mol. The predicted octanol–water partition coefficient (Wildman–Crippen LogP) is 1.03. The van der Waals surface area contributed by atoms with Gasteiger partial charge in [0, 0.05) is 39.3 Å². The van der Waals surface area contributed by atoms with E-state index < -0.39 is 0 Å². The van der Waals surface area contributed by atoms with Crippen molar-refractivity contribution in [1.29, 1.82) is 0 Å². The van der Waals surface area contributed by atoms with Gasteiger partial charge in [0.05, 0.1) is 6.61 Å². The lowest BCUT2D eigenvalue weighted by Gasteiger charge is -2.21. The number of nitrogens with one attached hydrogen (secondary N) is 1. The summed E-state index contributed by atoms with van der Waals surface area (Å²) in [5, 5.41) is 3.15. The smallest absolute Gasteiger partial charge is 0.188 e. The second-order valence-corrected chi connectivity index (χ2v) is 4.45. The average molecular weight is 370 g/mol. The van der Waals surface area contributed by atoms with E-state index in [1.807, 2.05) is 0 Å². The summed E-state index contributed by atoms with van der Waals surface area (Å²) in [5.74, 6) is 0.564. The zero-order valence-electron chi connectivity index (χ0n) is 11.5. The molecule has 0 aliphatic heterocycles. The van der Waals surface area contributed by atoms with Crippen molar-refractivity contribution in [1.82, 2.24) is 10.2 Å². The Kier molecular flexibility index (Phi) is 10.8. The molecule has 0 spiro atoms. The van der Waals surface area contributed by atoms with Crippen molar-refractivity contribution >= 4 is 29.9 Å². The Labute approximate surface area is 128 Å². The fourth-order valence-corrected chi connectivity index (χ4v) is 1.74. The van der Waals surface area contributed by atoms with Gasteiger partial charge in [-0.1, -0.05) is 6.92 Å². The van der Waals surface area contributed by atoms with Crippen LogP contribution in [0.25, 0.3) is 0 Å². The van der Waals surface area contributed by atoms with Gasteiger partial charge in [0.2, 0.25) is 0 Å². The Balaban J connectivity index is 0.00000289. The second-order valence-electron chi connectivity index (χ2n) is 4.45. The van der Waals surface area contributed by atoms with Gasteiger partial charge in [-0.25, -0.2) is 0 Å². The van der Waals surface area contributed by atoms with Gasteiger partial charge in [-0.3, -0.25) is 9.89 Å². The van der Waals surface area contributed by atoms with E-state index in [4.69, 9.17) is 10.5 Å². The molecule has 1 rings (SSSR count).